The molecule has 0 aliphatic rings. The summed E-state index contributed by atoms with van der Waals surface area (Å²) in [6.07, 6.45) is 7.25. The molecule has 0 heterocycles. The van der Waals surface area contributed by atoms with Gasteiger partial charge in [0.15, 0.2) is 0 Å². The largest absolute Gasteiger partial charge is 0.490 e. The third-order valence-electron chi connectivity index (χ3n) is 3.17. The van der Waals surface area contributed by atoms with Gasteiger partial charge in [-0.25, -0.2) is 4.39 Å². The van der Waals surface area contributed by atoms with Crippen LogP contribution >= 0.6 is 0 Å². The molecule has 0 aliphatic carbocycles. The molecule has 2 heteroatoms. The number of aryl methyl sites for hydroxylation is 1. The van der Waals surface area contributed by atoms with Gasteiger partial charge >= 0.3 is 0 Å². The number of hydrogen-bond acceptors (Lipinski definition) is 1. The fraction of sp³-hybridized carbons (Fsp3) is 0.625. The van der Waals surface area contributed by atoms with Gasteiger partial charge in [-0.05, 0) is 49.9 Å². The maximum absolute atomic E-state index is 13.0. The molecule has 1 atom stereocenters. The second kappa shape index (κ2) is 8.12. The molecular weight excluding hydrogens is 227 g/mol. The van der Waals surface area contributed by atoms with Gasteiger partial charge in [0.1, 0.15) is 11.6 Å². The summed E-state index contributed by atoms with van der Waals surface area (Å²) in [6, 6.07) is 4.74. The normalized spacial score (nSPS) is 12.4. The Bertz CT molecular complexity index is 349. The van der Waals surface area contributed by atoms with E-state index in [0.717, 1.165) is 30.6 Å². The fourth-order valence-corrected chi connectivity index (χ4v) is 2.13. The first-order valence-electron chi connectivity index (χ1n) is 7.10. The Morgan fingerprint density at radius 3 is 2.50 bits per heavy atom. The van der Waals surface area contributed by atoms with Crippen molar-refractivity contribution >= 4 is 0 Å². The zero-order valence-electron chi connectivity index (χ0n) is 11.8. The highest BCUT2D eigenvalue weighted by atomic mass is 19.1. The van der Waals surface area contributed by atoms with Gasteiger partial charge in [0.25, 0.3) is 0 Å². The summed E-state index contributed by atoms with van der Waals surface area (Å²) in [5, 5.41) is 0. The molecule has 1 rings (SSSR count). The summed E-state index contributed by atoms with van der Waals surface area (Å²) in [5.74, 6) is 0.629. The molecule has 0 radical (unpaired) electrons. The molecule has 0 N–H and O–H groups in total. The molecule has 1 aromatic rings. The van der Waals surface area contributed by atoms with Crippen LogP contribution in [0.2, 0.25) is 0 Å². The van der Waals surface area contributed by atoms with Crippen LogP contribution in [-0.4, -0.2) is 6.10 Å². The zero-order chi connectivity index (χ0) is 13.4. The maximum atomic E-state index is 13.0. The molecule has 0 amide bonds. The molecule has 1 aromatic carbocycles. The van der Waals surface area contributed by atoms with Gasteiger partial charge in [0.2, 0.25) is 0 Å². The summed E-state index contributed by atoms with van der Waals surface area (Å²) in [7, 11) is 0. The van der Waals surface area contributed by atoms with Crippen molar-refractivity contribution in [3.05, 3.63) is 29.6 Å². The molecule has 0 saturated heterocycles. The van der Waals surface area contributed by atoms with Gasteiger partial charge in [-0.2, -0.15) is 0 Å². The number of ether oxygens (including phenoxy) is 1. The lowest BCUT2D eigenvalue weighted by atomic mass is 10.1. The smallest absolute Gasteiger partial charge is 0.123 e. The summed E-state index contributed by atoms with van der Waals surface area (Å²) >= 11 is 0. The van der Waals surface area contributed by atoms with E-state index in [9.17, 15) is 4.39 Å². The Balaban J connectivity index is 2.58. The van der Waals surface area contributed by atoms with E-state index in [1.54, 1.807) is 6.07 Å². The molecule has 18 heavy (non-hydrogen) atoms. The van der Waals surface area contributed by atoms with Gasteiger partial charge in [0.05, 0.1) is 6.10 Å². The quantitative estimate of drug-likeness (QED) is 0.573. The van der Waals surface area contributed by atoms with Gasteiger partial charge in [-0.1, -0.05) is 33.1 Å². The highest BCUT2D eigenvalue weighted by molar-refractivity contribution is 5.32. The second-order valence-electron chi connectivity index (χ2n) is 4.93. The van der Waals surface area contributed by atoms with E-state index in [1.807, 2.05) is 6.92 Å². The van der Waals surface area contributed by atoms with E-state index in [2.05, 4.69) is 13.8 Å². The molecular formula is C16H25FO. The highest BCUT2D eigenvalue weighted by Gasteiger charge is 2.11. The second-order valence-corrected chi connectivity index (χ2v) is 4.93. The van der Waals surface area contributed by atoms with Crippen molar-refractivity contribution < 1.29 is 9.13 Å². The van der Waals surface area contributed by atoms with Crippen molar-refractivity contribution in [2.24, 2.45) is 0 Å². The lowest BCUT2D eigenvalue weighted by Gasteiger charge is -2.20. The van der Waals surface area contributed by atoms with Crippen molar-refractivity contribution in [2.75, 3.05) is 0 Å². The molecule has 0 bridgehead atoms. The SMILES string of the molecule is CCCCCC(CCC)Oc1ccc(F)cc1C. The van der Waals surface area contributed by atoms with Crippen LogP contribution in [0.4, 0.5) is 4.39 Å². The van der Waals surface area contributed by atoms with Gasteiger partial charge in [0, 0.05) is 0 Å². The van der Waals surface area contributed by atoms with Crippen LogP contribution in [0.25, 0.3) is 0 Å². The Morgan fingerprint density at radius 2 is 1.89 bits per heavy atom. The Labute approximate surface area is 110 Å². The molecule has 1 nitrogen and oxygen atoms in total. The van der Waals surface area contributed by atoms with Crippen molar-refractivity contribution in [2.45, 2.75) is 65.4 Å². The molecule has 102 valence electrons. The number of rotatable bonds is 8. The first-order chi connectivity index (χ1) is 8.67. The van der Waals surface area contributed by atoms with Crippen molar-refractivity contribution in [1.29, 1.82) is 0 Å². The third kappa shape index (κ3) is 5.07. The highest BCUT2D eigenvalue weighted by Crippen LogP contribution is 2.23. The average molecular weight is 252 g/mol. The number of unbranched alkanes of at least 4 members (excludes halogenated alkanes) is 2. The summed E-state index contributed by atoms with van der Waals surface area (Å²) < 4.78 is 19.0. The molecule has 1 unspecified atom stereocenters. The van der Waals surface area contributed by atoms with Gasteiger partial charge in [-0.3, -0.25) is 0 Å². The van der Waals surface area contributed by atoms with Crippen LogP contribution < -0.4 is 4.74 Å². The monoisotopic (exact) mass is 252 g/mol. The molecule has 0 spiro atoms. The van der Waals surface area contributed by atoms with E-state index in [4.69, 9.17) is 4.74 Å². The fourth-order valence-electron chi connectivity index (χ4n) is 2.13. The summed E-state index contributed by atoms with van der Waals surface area (Å²) in [5.41, 5.74) is 0.881. The minimum absolute atomic E-state index is 0.196. The topological polar surface area (TPSA) is 9.23 Å². The van der Waals surface area contributed by atoms with E-state index in [0.29, 0.717) is 0 Å². The van der Waals surface area contributed by atoms with Gasteiger partial charge < -0.3 is 4.74 Å². The van der Waals surface area contributed by atoms with Gasteiger partial charge in [-0.15, -0.1) is 0 Å². The van der Waals surface area contributed by atoms with Crippen LogP contribution in [0.5, 0.6) is 5.75 Å². The lowest BCUT2D eigenvalue weighted by molar-refractivity contribution is 0.174. The van der Waals surface area contributed by atoms with Crippen LogP contribution in [-0.2, 0) is 0 Å². The van der Waals surface area contributed by atoms with Crippen LogP contribution in [0.1, 0.15) is 57.9 Å². The Morgan fingerprint density at radius 1 is 1.11 bits per heavy atom. The average Bonchev–Trinajstić information content (AvgIpc) is 2.33. The molecule has 0 saturated carbocycles. The predicted octanol–water partition coefficient (Wildman–Crippen LogP) is 5.26. The summed E-state index contributed by atoms with van der Waals surface area (Å²) in [4.78, 5) is 0. The first-order valence-corrected chi connectivity index (χ1v) is 7.10. The molecule has 0 aliphatic heterocycles. The Kier molecular flexibility index (Phi) is 6.77. The van der Waals surface area contributed by atoms with Crippen molar-refractivity contribution in [1.82, 2.24) is 0 Å². The number of halogens is 1. The first kappa shape index (κ1) is 15.0. The van der Waals surface area contributed by atoms with E-state index < -0.39 is 0 Å². The van der Waals surface area contributed by atoms with Crippen LogP contribution in [0, 0.1) is 12.7 Å². The number of benzene rings is 1. The van der Waals surface area contributed by atoms with E-state index >= 15 is 0 Å². The van der Waals surface area contributed by atoms with Crippen LogP contribution in [0.3, 0.4) is 0 Å². The van der Waals surface area contributed by atoms with E-state index in [1.165, 1.54) is 31.4 Å². The predicted molar refractivity (Wildman–Crippen MR) is 74.6 cm³/mol. The van der Waals surface area contributed by atoms with Crippen LogP contribution in [0.15, 0.2) is 18.2 Å². The molecule has 0 fully saturated rings. The van der Waals surface area contributed by atoms with E-state index in [-0.39, 0.29) is 11.9 Å². The lowest BCUT2D eigenvalue weighted by Crippen LogP contribution is -2.16. The summed E-state index contributed by atoms with van der Waals surface area (Å²) in [6.45, 7) is 6.28. The minimum Gasteiger partial charge on any atom is -0.490 e. The minimum atomic E-state index is -0.196. The van der Waals surface area contributed by atoms with Crippen molar-refractivity contribution in [3.8, 4) is 5.75 Å². The van der Waals surface area contributed by atoms with Crippen molar-refractivity contribution in [3.63, 3.8) is 0 Å². The Hall–Kier alpha value is -1.05. The standard InChI is InChI=1S/C16H25FO/c1-4-6-7-9-15(8-5-2)18-16-11-10-14(17)12-13(16)3/h10-12,15H,4-9H2,1-3H3. The molecule has 0 aromatic heterocycles. The zero-order valence-corrected chi connectivity index (χ0v) is 11.8. The maximum Gasteiger partial charge on any atom is 0.123 e. The number of hydrogen-bond donors (Lipinski definition) is 0. The third-order valence-corrected chi connectivity index (χ3v) is 3.17.